The van der Waals surface area contributed by atoms with Crippen LogP contribution in [0.3, 0.4) is 0 Å². The number of halogens is 3. The van der Waals surface area contributed by atoms with Gasteiger partial charge in [0.1, 0.15) is 23.6 Å². The van der Waals surface area contributed by atoms with Crippen LogP contribution in [-0.2, 0) is 6.18 Å². The summed E-state index contributed by atoms with van der Waals surface area (Å²) in [7, 11) is 0. The molecule has 1 aromatic carbocycles. The number of anilines is 1. The number of alkyl halides is 3. The second-order valence-corrected chi connectivity index (χ2v) is 5.71. The lowest BCUT2D eigenvalue weighted by molar-refractivity contribution is -0.138. The number of fused-ring (bicyclic) bond motifs is 1. The summed E-state index contributed by atoms with van der Waals surface area (Å²) in [5, 5.41) is 14.3. The van der Waals surface area contributed by atoms with Gasteiger partial charge in [0.15, 0.2) is 5.65 Å². The molecule has 0 atom stereocenters. The molecule has 0 spiro atoms. The van der Waals surface area contributed by atoms with Gasteiger partial charge >= 0.3 is 6.18 Å². The largest absolute Gasteiger partial charge is 0.507 e. The summed E-state index contributed by atoms with van der Waals surface area (Å²) < 4.78 is 40.8. The van der Waals surface area contributed by atoms with Gasteiger partial charge in [-0.25, -0.2) is 14.6 Å². The lowest BCUT2D eigenvalue weighted by Gasteiger charge is -2.10. The fourth-order valence-corrected chi connectivity index (χ4v) is 2.68. The molecule has 0 unspecified atom stereocenters. The summed E-state index contributed by atoms with van der Waals surface area (Å²) in [6, 6.07) is 3.41. The van der Waals surface area contributed by atoms with Crippen LogP contribution in [0.4, 0.5) is 19.0 Å². The van der Waals surface area contributed by atoms with E-state index in [0.29, 0.717) is 11.0 Å². The maximum absolute atomic E-state index is 13.0. The van der Waals surface area contributed by atoms with Crippen LogP contribution < -0.4 is 5.73 Å². The van der Waals surface area contributed by atoms with E-state index >= 15 is 0 Å². The molecular weight excluding hydrogens is 323 g/mol. The summed E-state index contributed by atoms with van der Waals surface area (Å²) in [6.07, 6.45) is -1.50. The highest BCUT2D eigenvalue weighted by Gasteiger charge is 2.35. The molecule has 4 rings (SSSR count). The quantitative estimate of drug-likeness (QED) is 0.751. The van der Waals surface area contributed by atoms with Crippen LogP contribution in [0.1, 0.15) is 24.4 Å². The average molecular weight is 335 g/mol. The van der Waals surface area contributed by atoms with E-state index in [1.807, 2.05) is 0 Å². The van der Waals surface area contributed by atoms with Crippen molar-refractivity contribution in [2.24, 2.45) is 0 Å². The first-order valence-electron chi connectivity index (χ1n) is 7.25. The highest BCUT2D eigenvalue weighted by molar-refractivity contribution is 5.98. The Balaban J connectivity index is 1.97. The zero-order valence-corrected chi connectivity index (χ0v) is 12.2. The van der Waals surface area contributed by atoms with Crippen molar-refractivity contribution in [1.29, 1.82) is 0 Å². The fraction of sp³-hybridized carbons (Fsp3) is 0.267. The highest BCUT2D eigenvalue weighted by atomic mass is 19.4. The summed E-state index contributed by atoms with van der Waals surface area (Å²) in [5.74, 6) is -0.676. The van der Waals surface area contributed by atoms with Gasteiger partial charge < -0.3 is 10.8 Å². The topological polar surface area (TPSA) is 89.8 Å². The highest BCUT2D eigenvalue weighted by Crippen LogP contribution is 2.42. The van der Waals surface area contributed by atoms with E-state index in [1.165, 1.54) is 12.4 Å². The van der Waals surface area contributed by atoms with E-state index in [1.54, 1.807) is 4.68 Å². The Labute approximate surface area is 133 Å². The summed E-state index contributed by atoms with van der Waals surface area (Å²) in [6.45, 7) is 0. The third kappa shape index (κ3) is 2.24. The van der Waals surface area contributed by atoms with Crippen LogP contribution in [0, 0.1) is 0 Å². The maximum atomic E-state index is 13.0. The van der Waals surface area contributed by atoms with Gasteiger partial charge in [-0.3, -0.25) is 0 Å². The molecule has 0 radical (unpaired) electrons. The van der Waals surface area contributed by atoms with Crippen molar-refractivity contribution in [2.45, 2.75) is 25.1 Å². The molecule has 2 aromatic heterocycles. The van der Waals surface area contributed by atoms with Gasteiger partial charge in [0.25, 0.3) is 0 Å². The average Bonchev–Trinajstić information content (AvgIpc) is 3.28. The van der Waals surface area contributed by atoms with Crippen molar-refractivity contribution in [1.82, 2.24) is 19.7 Å². The predicted octanol–water partition coefficient (Wildman–Crippen LogP) is 3.13. The Bertz CT molecular complexity index is 946. The van der Waals surface area contributed by atoms with Crippen molar-refractivity contribution >= 4 is 16.9 Å². The molecule has 6 nitrogen and oxygen atoms in total. The standard InChI is InChI=1S/C15H12F3N5O/c16-15(17,18)9-5-7(1-4-10(9)24)12-11-13(19)20-6-21-14(11)23(22-12)8-2-3-8/h1,4-6,8,24H,2-3H2,(H2,19,20,21). The Morgan fingerprint density at radius 1 is 1.21 bits per heavy atom. The Morgan fingerprint density at radius 3 is 2.62 bits per heavy atom. The molecule has 1 saturated carbocycles. The van der Waals surface area contributed by atoms with E-state index < -0.39 is 17.5 Å². The van der Waals surface area contributed by atoms with E-state index in [4.69, 9.17) is 5.73 Å². The lowest BCUT2D eigenvalue weighted by atomic mass is 10.0. The van der Waals surface area contributed by atoms with Gasteiger partial charge in [-0.05, 0) is 31.0 Å². The number of aromatic nitrogens is 4. The minimum atomic E-state index is -4.67. The van der Waals surface area contributed by atoms with Crippen molar-refractivity contribution in [2.75, 3.05) is 5.73 Å². The third-order valence-corrected chi connectivity index (χ3v) is 3.99. The molecule has 24 heavy (non-hydrogen) atoms. The Morgan fingerprint density at radius 2 is 1.96 bits per heavy atom. The van der Waals surface area contributed by atoms with Crippen LogP contribution >= 0.6 is 0 Å². The Hall–Kier alpha value is -2.84. The number of rotatable bonds is 2. The lowest BCUT2D eigenvalue weighted by Crippen LogP contribution is -2.05. The zero-order valence-electron chi connectivity index (χ0n) is 12.2. The van der Waals surface area contributed by atoms with Crippen LogP contribution in [0.2, 0.25) is 0 Å². The number of nitrogens with zero attached hydrogens (tertiary/aromatic N) is 4. The molecule has 0 bridgehead atoms. The molecule has 1 aliphatic carbocycles. The van der Waals surface area contributed by atoms with Crippen molar-refractivity contribution in [3.05, 3.63) is 30.1 Å². The molecule has 3 aromatic rings. The molecule has 124 valence electrons. The minimum absolute atomic E-state index is 0.156. The molecule has 3 N–H and O–H groups in total. The number of nitrogens with two attached hydrogens (primary N) is 1. The SMILES string of the molecule is Nc1ncnc2c1c(-c1ccc(O)c(C(F)(F)F)c1)nn2C1CC1. The van der Waals surface area contributed by atoms with Crippen LogP contribution in [0.5, 0.6) is 5.75 Å². The molecule has 1 fully saturated rings. The van der Waals surface area contributed by atoms with Crippen LogP contribution in [0.15, 0.2) is 24.5 Å². The number of benzene rings is 1. The van der Waals surface area contributed by atoms with Crippen molar-refractivity contribution in [3.8, 4) is 17.0 Å². The molecule has 9 heteroatoms. The van der Waals surface area contributed by atoms with Crippen LogP contribution in [-0.4, -0.2) is 24.9 Å². The predicted molar refractivity (Wildman–Crippen MR) is 80.1 cm³/mol. The monoisotopic (exact) mass is 335 g/mol. The van der Waals surface area contributed by atoms with Crippen molar-refractivity contribution in [3.63, 3.8) is 0 Å². The van der Waals surface area contributed by atoms with Gasteiger partial charge in [-0.2, -0.15) is 18.3 Å². The normalized spacial score (nSPS) is 15.1. The number of hydrogen-bond donors (Lipinski definition) is 2. The number of aromatic hydroxyl groups is 1. The van der Waals surface area contributed by atoms with E-state index in [0.717, 1.165) is 25.0 Å². The Kier molecular flexibility index (Phi) is 2.96. The molecule has 0 amide bonds. The first-order chi connectivity index (χ1) is 11.4. The second kappa shape index (κ2) is 4.83. The van der Waals surface area contributed by atoms with E-state index in [2.05, 4.69) is 15.1 Å². The van der Waals surface area contributed by atoms with Gasteiger partial charge in [-0.15, -0.1) is 0 Å². The van der Waals surface area contributed by atoms with E-state index in [-0.39, 0.29) is 23.1 Å². The zero-order chi connectivity index (χ0) is 17.1. The number of nitrogen functional groups attached to an aromatic ring is 1. The molecule has 1 aliphatic rings. The minimum Gasteiger partial charge on any atom is -0.507 e. The van der Waals surface area contributed by atoms with Crippen molar-refractivity contribution < 1.29 is 18.3 Å². The number of hydrogen-bond acceptors (Lipinski definition) is 5. The molecule has 2 heterocycles. The van der Waals surface area contributed by atoms with E-state index in [9.17, 15) is 18.3 Å². The van der Waals surface area contributed by atoms with Gasteiger partial charge in [0.2, 0.25) is 0 Å². The summed E-state index contributed by atoms with van der Waals surface area (Å²) >= 11 is 0. The second-order valence-electron chi connectivity index (χ2n) is 5.71. The van der Waals surface area contributed by atoms with Gasteiger partial charge in [-0.1, -0.05) is 0 Å². The van der Waals surface area contributed by atoms with Gasteiger partial charge in [0, 0.05) is 5.56 Å². The summed E-state index contributed by atoms with van der Waals surface area (Å²) in [5.41, 5.74) is 5.76. The first-order valence-corrected chi connectivity index (χ1v) is 7.25. The number of phenols is 1. The summed E-state index contributed by atoms with van der Waals surface area (Å²) in [4.78, 5) is 8.09. The molecular formula is C15H12F3N5O. The smallest absolute Gasteiger partial charge is 0.419 e. The maximum Gasteiger partial charge on any atom is 0.419 e. The fourth-order valence-electron chi connectivity index (χ4n) is 2.68. The third-order valence-electron chi connectivity index (χ3n) is 3.99. The van der Waals surface area contributed by atoms with Crippen LogP contribution in [0.25, 0.3) is 22.3 Å². The molecule has 0 saturated heterocycles. The number of phenolic OH excluding ortho intramolecular Hbond substituents is 1. The first kappa shape index (κ1) is 14.7. The van der Waals surface area contributed by atoms with Gasteiger partial charge in [0.05, 0.1) is 17.0 Å². The molecule has 0 aliphatic heterocycles.